The third kappa shape index (κ3) is 9.57. The van der Waals surface area contributed by atoms with Gasteiger partial charge in [0.25, 0.3) is 0 Å². The Labute approximate surface area is 188 Å². The van der Waals surface area contributed by atoms with E-state index >= 15 is 0 Å². The van der Waals surface area contributed by atoms with Crippen LogP contribution in [0.5, 0.6) is 0 Å². The highest BCUT2D eigenvalue weighted by Gasteiger charge is 2.32. The van der Waals surface area contributed by atoms with Crippen LogP contribution in [-0.2, 0) is 19.2 Å². The molecule has 6 N–H and O–H groups in total. The second-order valence-corrected chi connectivity index (χ2v) is 8.92. The summed E-state index contributed by atoms with van der Waals surface area (Å²) in [5.41, 5.74) is 5.83. The summed E-state index contributed by atoms with van der Waals surface area (Å²) in [5, 5.41) is 17.1. The second kappa shape index (κ2) is 14.5. The molecule has 0 rings (SSSR count). The maximum absolute atomic E-state index is 12.7. The minimum absolute atomic E-state index is 0.0177. The molecule has 9 nitrogen and oxygen atoms in total. The van der Waals surface area contributed by atoms with Gasteiger partial charge in [0.2, 0.25) is 17.7 Å². The van der Waals surface area contributed by atoms with Crippen molar-refractivity contribution in [1.82, 2.24) is 16.0 Å². The van der Waals surface area contributed by atoms with Gasteiger partial charge in [0.1, 0.15) is 18.1 Å². The lowest BCUT2D eigenvalue weighted by Gasteiger charge is -2.28. The number of carboxylic acid groups (broad SMARTS) is 1. The van der Waals surface area contributed by atoms with Crippen LogP contribution < -0.4 is 21.7 Å². The van der Waals surface area contributed by atoms with Crippen molar-refractivity contribution in [3.8, 4) is 0 Å². The maximum Gasteiger partial charge on any atom is 0.326 e. The topological polar surface area (TPSA) is 151 Å². The van der Waals surface area contributed by atoms with Gasteiger partial charge in [-0.15, -0.1) is 0 Å². The standard InChI is InChI=1S/C19H36N4O5S2/c1-6-11(4)15(19(27)28)23-18(26)14(10(2)3)22-17(25)13(9-29)21-16(24)12(20)7-8-30-5/h10-15,29H,6-9,20H2,1-5H3,(H,21,24)(H,22,25)(H,23,26)(H,27,28). The molecule has 0 aliphatic carbocycles. The summed E-state index contributed by atoms with van der Waals surface area (Å²) >= 11 is 5.68. The number of nitrogens with one attached hydrogen (secondary N) is 3. The van der Waals surface area contributed by atoms with Crippen molar-refractivity contribution in [2.45, 2.75) is 64.7 Å². The number of amides is 3. The molecular formula is C19H36N4O5S2. The molecule has 0 bridgehead atoms. The van der Waals surface area contributed by atoms with Crippen LogP contribution in [0.25, 0.3) is 0 Å². The Morgan fingerprint density at radius 3 is 2.00 bits per heavy atom. The number of thiol groups is 1. The summed E-state index contributed by atoms with van der Waals surface area (Å²) in [6, 6.07) is -3.74. The molecule has 0 aromatic carbocycles. The van der Waals surface area contributed by atoms with Gasteiger partial charge in [0.05, 0.1) is 6.04 Å². The average molecular weight is 465 g/mol. The molecule has 5 unspecified atom stereocenters. The first kappa shape index (κ1) is 28.5. The molecule has 11 heteroatoms. The van der Waals surface area contributed by atoms with E-state index < -0.39 is 47.9 Å². The quantitative estimate of drug-likeness (QED) is 0.202. The van der Waals surface area contributed by atoms with E-state index in [1.165, 1.54) is 0 Å². The molecule has 0 aromatic heterocycles. The van der Waals surface area contributed by atoms with Crippen LogP contribution in [0, 0.1) is 11.8 Å². The van der Waals surface area contributed by atoms with Crippen molar-refractivity contribution < 1.29 is 24.3 Å². The summed E-state index contributed by atoms with van der Waals surface area (Å²) in [5.74, 6) is -2.63. The predicted octanol–water partition coefficient (Wildman–Crippen LogP) is 0.238. The fraction of sp³-hybridized carbons (Fsp3) is 0.789. The SMILES string of the molecule is CCC(C)C(NC(=O)C(NC(=O)C(CS)NC(=O)C(N)CCSC)C(C)C)C(=O)O. The molecule has 5 atom stereocenters. The lowest BCUT2D eigenvalue weighted by Crippen LogP contribution is -2.59. The predicted molar refractivity (Wildman–Crippen MR) is 123 cm³/mol. The third-order valence-corrected chi connectivity index (χ3v) is 5.82. The minimum atomic E-state index is -1.13. The van der Waals surface area contributed by atoms with Crippen LogP contribution in [0.4, 0.5) is 0 Å². The Balaban J connectivity index is 5.17. The number of carbonyl (C=O) groups excluding carboxylic acids is 3. The van der Waals surface area contributed by atoms with E-state index in [-0.39, 0.29) is 17.6 Å². The Kier molecular flexibility index (Phi) is 13.8. The van der Waals surface area contributed by atoms with Crippen molar-refractivity contribution >= 4 is 48.1 Å². The minimum Gasteiger partial charge on any atom is -0.480 e. The summed E-state index contributed by atoms with van der Waals surface area (Å²) in [4.78, 5) is 49.0. The zero-order chi connectivity index (χ0) is 23.4. The van der Waals surface area contributed by atoms with Crippen LogP contribution in [0.3, 0.4) is 0 Å². The first-order chi connectivity index (χ1) is 14.0. The van der Waals surface area contributed by atoms with E-state index in [0.29, 0.717) is 18.6 Å². The van der Waals surface area contributed by atoms with Gasteiger partial charge in [-0.2, -0.15) is 24.4 Å². The van der Waals surface area contributed by atoms with Crippen molar-refractivity contribution in [1.29, 1.82) is 0 Å². The zero-order valence-electron chi connectivity index (χ0n) is 18.3. The van der Waals surface area contributed by atoms with Crippen molar-refractivity contribution in [2.75, 3.05) is 17.8 Å². The number of thioether (sulfide) groups is 1. The van der Waals surface area contributed by atoms with E-state index in [0.717, 1.165) is 0 Å². The number of nitrogens with two attached hydrogens (primary N) is 1. The molecule has 0 aliphatic rings. The fourth-order valence-corrected chi connectivity index (χ4v) is 3.31. The smallest absolute Gasteiger partial charge is 0.326 e. The number of aliphatic carboxylic acids is 1. The van der Waals surface area contributed by atoms with Gasteiger partial charge < -0.3 is 26.8 Å². The molecule has 0 aromatic rings. The average Bonchev–Trinajstić information content (AvgIpc) is 2.70. The summed E-state index contributed by atoms with van der Waals surface area (Å²) in [6.07, 6.45) is 2.94. The molecule has 0 saturated heterocycles. The molecular weight excluding hydrogens is 428 g/mol. The van der Waals surface area contributed by atoms with Crippen molar-refractivity contribution in [3.63, 3.8) is 0 Å². The van der Waals surface area contributed by atoms with Crippen LogP contribution >= 0.6 is 24.4 Å². The van der Waals surface area contributed by atoms with E-state index in [4.69, 9.17) is 5.73 Å². The maximum atomic E-state index is 12.7. The van der Waals surface area contributed by atoms with E-state index in [9.17, 15) is 24.3 Å². The number of rotatable bonds is 14. The van der Waals surface area contributed by atoms with Crippen LogP contribution in [0.2, 0.25) is 0 Å². The monoisotopic (exact) mass is 464 g/mol. The van der Waals surface area contributed by atoms with Gasteiger partial charge in [0, 0.05) is 5.75 Å². The highest BCUT2D eigenvalue weighted by molar-refractivity contribution is 7.98. The van der Waals surface area contributed by atoms with Crippen molar-refractivity contribution in [2.24, 2.45) is 17.6 Å². The molecule has 3 amide bonds. The van der Waals surface area contributed by atoms with E-state index in [2.05, 4.69) is 28.6 Å². The van der Waals surface area contributed by atoms with Crippen LogP contribution in [-0.4, -0.2) is 70.7 Å². The van der Waals surface area contributed by atoms with Gasteiger partial charge in [0.15, 0.2) is 0 Å². The fourth-order valence-electron chi connectivity index (χ4n) is 2.56. The molecule has 0 saturated carbocycles. The summed E-state index contributed by atoms with van der Waals surface area (Å²) in [6.45, 7) is 7.03. The third-order valence-electron chi connectivity index (χ3n) is 4.81. The highest BCUT2D eigenvalue weighted by atomic mass is 32.2. The van der Waals surface area contributed by atoms with Gasteiger partial charge in [-0.05, 0) is 30.3 Å². The van der Waals surface area contributed by atoms with Crippen LogP contribution in [0.15, 0.2) is 0 Å². The molecule has 0 aliphatic heterocycles. The Hall–Kier alpha value is -1.46. The molecule has 0 heterocycles. The second-order valence-electron chi connectivity index (χ2n) is 7.57. The van der Waals surface area contributed by atoms with Gasteiger partial charge in [-0.3, -0.25) is 14.4 Å². The Morgan fingerprint density at radius 1 is 1.00 bits per heavy atom. The zero-order valence-corrected chi connectivity index (χ0v) is 20.0. The van der Waals surface area contributed by atoms with Gasteiger partial charge in [-0.25, -0.2) is 4.79 Å². The molecule has 174 valence electrons. The molecule has 30 heavy (non-hydrogen) atoms. The van der Waals surface area contributed by atoms with E-state index in [1.54, 1.807) is 32.5 Å². The summed E-state index contributed by atoms with van der Waals surface area (Å²) < 4.78 is 0. The molecule has 0 spiro atoms. The highest BCUT2D eigenvalue weighted by Crippen LogP contribution is 2.10. The number of carbonyl (C=O) groups is 4. The largest absolute Gasteiger partial charge is 0.480 e. The first-order valence-electron chi connectivity index (χ1n) is 9.99. The first-order valence-corrected chi connectivity index (χ1v) is 12.0. The molecule has 0 fully saturated rings. The normalized spacial score (nSPS) is 16.1. The molecule has 0 radical (unpaired) electrons. The van der Waals surface area contributed by atoms with E-state index in [1.807, 2.05) is 13.2 Å². The van der Waals surface area contributed by atoms with Gasteiger partial charge in [-0.1, -0.05) is 34.1 Å². The summed E-state index contributed by atoms with van der Waals surface area (Å²) in [7, 11) is 0. The van der Waals surface area contributed by atoms with Crippen LogP contribution in [0.1, 0.15) is 40.5 Å². The Bertz CT molecular complexity index is 591. The lowest BCUT2D eigenvalue weighted by atomic mass is 9.97. The Morgan fingerprint density at radius 2 is 1.57 bits per heavy atom. The van der Waals surface area contributed by atoms with Crippen molar-refractivity contribution in [3.05, 3.63) is 0 Å². The number of carboxylic acids is 1. The van der Waals surface area contributed by atoms with Gasteiger partial charge >= 0.3 is 5.97 Å². The number of hydrogen-bond acceptors (Lipinski definition) is 7. The number of hydrogen-bond donors (Lipinski definition) is 6. The lowest BCUT2D eigenvalue weighted by molar-refractivity contribution is -0.144.